The fourth-order valence-corrected chi connectivity index (χ4v) is 5.30. The zero-order valence-corrected chi connectivity index (χ0v) is 17.6. The summed E-state index contributed by atoms with van der Waals surface area (Å²) in [5.74, 6) is 3.58. The smallest absolute Gasteiger partial charge is 0.406 e. The number of alkyl halides is 3. The number of rotatable bonds is 7. The van der Waals surface area contributed by atoms with Gasteiger partial charge in [-0.25, -0.2) is 0 Å². The molecule has 0 aliphatic heterocycles. The zero-order valence-electron chi connectivity index (χ0n) is 17.6. The van der Waals surface area contributed by atoms with Gasteiger partial charge in [0.25, 0.3) is 0 Å². The van der Waals surface area contributed by atoms with Crippen LogP contribution in [0.4, 0.5) is 13.2 Å². The Morgan fingerprint density at radius 2 is 1.38 bits per heavy atom. The molecule has 4 heteroatoms. The van der Waals surface area contributed by atoms with Gasteiger partial charge in [0, 0.05) is 0 Å². The van der Waals surface area contributed by atoms with Crippen LogP contribution in [0, 0.1) is 23.7 Å². The Morgan fingerprint density at radius 3 is 1.90 bits per heavy atom. The second-order valence-electron chi connectivity index (χ2n) is 9.07. The molecule has 0 amide bonds. The Bertz CT molecular complexity index is 618. The largest absolute Gasteiger partial charge is 0.573 e. The molecule has 2 aliphatic rings. The molecule has 0 N–H and O–H groups in total. The van der Waals surface area contributed by atoms with Crippen molar-refractivity contribution < 1.29 is 17.9 Å². The van der Waals surface area contributed by atoms with E-state index in [-0.39, 0.29) is 5.75 Å². The molecule has 2 saturated carbocycles. The van der Waals surface area contributed by atoms with Gasteiger partial charge in [-0.2, -0.15) is 0 Å². The molecule has 0 saturated heterocycles. The summed E-state index contributed by atoms with van der Waals surface area (Å²) in [6, 6.07) is 6.16. The predicted molar refractivity (Wildman–Crippen MR) is 112 cm³/mol. The first-order valence-corrected chi connectivity index (χ1v) is 11.4. The minimum Gasteiger partial charge on any atom is -0.406 e. The van der Waals surface area contributed by atoms with Crippen LogP contribution in [0.25, 0.3) is 0 Å². The predicted octanol–water partition coefficient (Wildman–Crippen LogP) is 8.10. The van der Waals surface area contributed by atoms with Crippen LogP contribution in [-0.4, -0.2) is 6.36 Å². The quantitative estimate of drug-likeness (QED) is 0.414. The van der Waals surface area contributed by atoms with Gasteiger partial charge in [0.1, 0.15) is 5.75 Å². The molecule has 0 aromatic heterocycles. The van der Waals surface area contributed by atoms with E-state index < -0.39 is 6.36 Å². The van der Waals surface area contributed by atoms with Crippen molar-refractivity contribution in [2.75, 3.05) is 0 Å². The molecule has 0 bridgehead atoms. The van der Waals surface area contributed by atoms with Crippen LogP contribution in [0.5, 0.6) is 5.75 Å². The summed E-state index contributed by atoms with van der Waals surface area (Å²) in [5, 5.41) is 0. The van der Waals surface area contributed by atoms with Gasteiger partial charge in [-0.05, 0) is 92.7 Å². The average Bonchev–Trinajstić information content (AvgIpc) is 2.72. The van der Waals surface area contributed by atoms with E-state index in [0.29, 0.717) is 0 Å². The van der Waals surface area contributed by atoms with Crippen molar-refractivity contribution in [2.45, 2.75) is 83.9 Å². The lowest BCUT2D eigenvalue weighted by atomic mass is 9.68. The monoisotopic (exact) mass is 408 g/mol. The molecule has 0 heterocycles. The maximum absolute atomic E-state index is 12.2. The maximum Gasteiger partial charge on any atom is 0.573 e. The van der Waals surface area contributed by atoms with Gasteiger partial charge in [-0.3, -0.25) is 0 Å². The third-order valence-electron chi connectivity index (χ3n) is 7.17. The summed E-state index contributed by atoms with van der Waals surface area (Å²) in [5.41, 5.74) is 1.00. The molecule has 0 unspecified atom stereocenters. The summed E-state index contributed by atoms with van der Waals surface area (Å²) < 4.78 is 40.5. The minimum atomic E-state index is -4.63. The van der Waals surface area contributed by atoms with Gasteiger partial charge in [0.05, 0.1) is 0 Å². The minimum absolute atomic E-state index is 0.162. The molecule has 29 heavy (non-hydrogen) atoms. The van der Waals surface area contributed by atoms with Gasteiger partial charge in [-0.1, -0.05) is 50.5 Å². The standard InChI is InChI=1S/C25H35F3O/c1-2-19-7-13-22(14-8-19)23-15-9-20(10-16-23)5-3-4-6-21-11-17-24(18-12-21)29-25(26,27)28/h3-4,11-12,17-20,22-23H,2,5-10,13-16H2,1H3. The number of hydrogen-bond acceptors (Lipinski definition) is 1. The van der Waals surface area contributed by atoms with Crippen molar-refractivity contribution in [3.05, 3.63) is 42.0 Å². The summed E-state index contributed by atoms with van der Waals surface area (Å²) in [7, 11) is 0. The van der Waals surface area contributed by atoms with Crippen LogP contribution in [0.15, 0.2) is 36.4 Å². The normalized spacial score (nSPS) is 28.6. The average molecular weight is 409 g/mol. The van der Waals surface area contributed by atoms with E-state index in [2.05, 4.69) is 23.8 Å². The topological polar surface area (TPSA) is 9.23 Å². The van der Waals surface area contributed by atoms with E-state index in [1.807, 2.05) is 0 Å². The van der Waals surface area contributed by atoms with E-state index >= 15 is 0 Å². The van der Waals surface area contributed by atoms with E-state index in [4.69, 9.17) is 0 Å². The summed E-state index contributed by atoms with van der Waals surface area (Å²) >= 11 is 0. The van der Waals surface area contributed by atoms with Gasteiger partial charge in [0.2, 0.25) is 0 Å². The summed E-state index contributed by atoms with van der Waals surface area (Å²) in [6.45, 7) is 2.33. The lowest BCUT2D eigenvalue weighted by molar-refractivity contribution is -0.274. The first-order valence-electron chi connectivity index (χ1n) is 11.4. The molecule has 2 fully saturated rings. The Labute approximate surface area is 173 Å². The number of allylic oxidation sites excluding steroid dienone is 2. The first-order chi connectivity index (χ1) is 13.9. The Balaban J connectivity index is 1.33. The SMILES string of the molecule is CCC1CCC(C2CCC(CC=CCc3ccc(OC(F)(F)F)cc3)CC2)CC1. The van der Waals surface area contributed by atoms with Crippen LogP contribution in [0.1, 0.15) is 76.7 Å². The fourth-order valence-electron chi connectivity index (χ4n) is 5.30. The Kier molecular flexibility index (Phi) is 8.08. The highest BCUT2D eigenvalue weighted by Gasteiger charge is 2.31. The third kappa shape index (κ3) is 7.38. The van der Waals surface area contributed by atoms with E-state index in [1.165, 1.54) is 69.9 Å². The van der Waals surface area contributed by atoms with Crippen molar-refractivity contribution >= 4 is 0 Å². The number of benzene rings is 1. The first kappa shape index (κ1) is 22.2. The molecule has 1 aromatic carbocycles. The van der Waals surface area contributed by atoms with Crippen molar-refractivity contribution in [1.29, 1.82) is 0 Å². The van der Waals surface area contributed by atoms with E-state index in [0.717, 1.165) is 42.1 Å². The number of ether oxygens (including phenoxy) is 1. The summed E-state index contributed by atoms with van der Waals surface area (Å²) in [6.07, 6.45) is 14.4. The number of halogens is 3. The maximum atomic E-state index is 12.2. The van der Waals surface area contributed by atoms with Crippen LogP contribution < -0.4 is 4.74 Å². The van der Waals surface area contributed by atoms with Crippen LogP contribution in [0.3, 0.4) is 0 Å². The molecule has 162 valence electrons. The molecule has 2 aliphatic carbocycles. The second kappa shape index (κ2) is 10.5. The number of hydrogen-bond donors (Lipinski definition) is 0. The molecular formula is C25H35F3O. The molecule has 0 atom stereocenters. The molecule has 1 aromatic rings. The molecule has 0 radical (unpaired) electrons. The van der Waals surface area contributed by atoms with Crippen LogP contribution in [-0.2, 0) is 6.42 Å². The van der Waals surface area contributed by atoms with Crippen molar-refractivity contribution in [2.24, 2.45) is 23.7 Å². The van der Waals surface area contributed by atoms with Crippen molar-refractivity contribution in [3.63, 3.8) is 0 Å². The highest BCUT2D eigenvalue weighted by Crippen LogP contribution is 2.42. The Hall–Kier alpha value is -1.45. The van der Waals surface area contributed by atoms with Crippen LogP contribution in [0.2, 0.25) is 0 Å². The third-order valence-corrected chi connectivity index (χ3v) is 7.17. The van der Waals surface area contributed by atoms with Gasteiger partial charge >= 0.3 is 6.36 Å². The zero-order chi connectivity index (χ0) is 20.7. The van der Waals surface area contributed by atoms with Crippen molar-refractivity contribution in [3.8, 4) is 5.75 Å². The Morgan fingerprint density at radius 1 is 0.828 bits per heavy atom. The van der Waals surface area contributed by atoms with E-state index in [9.17, 15) is 13.2 Å². The van der Waals surface area contributed by atoms with Crippen LogP contribution >= 0.6 is 0 Å². The fraction of sp³-hybridized carbons (Fsp3) is 0.680. The van der Waals surface area contributed by atoms with Crippen molar-refractivity contribution in [1.82, 2.24) is 0 Å². The second-order valence-corrected chi connectivity index (χ2v) is 9.07. The van der Waals surface area contributed by atoms with Gasteiger partial charge < -0.3 is 4.74 Å². The highest BCUT2D eigenvalue weighted by molar-refractivity contribution is 5.28. The van der Waals surface area contributed by atoms with Gasteiger partial charge in [-0.15, -0.1) is 13.2 Å². The highest BCUT2D eigenvalue weighted by atomic mass is 19.4. The molecule has 3 rings (SSSR count). The van der Waals surface area contributed by atoms with Gasteiger partial charge in [0.15, 0.2) is 0 Å². The molecule has 1 nitrogen and oxygen atoms in total. The molecule has 0 spiro atoms. The van der Waals surface area contributed by atoms with E-state index in [1.54, 1.807) is 12.1 Å². The molecular weight excluding hydrogens is 373 g/mol. The lowest BCUT2D eigenvalue weighted by Gasteiger charge is -2.37. The lowest BCUT2D eigenvalue weighted by Crippen LogP contribution is -2.25. The summed E-state index contributed by atoms with van der Waals surface area (Å²) in [4.78, 5) is 0.